The van der Waals surface area contributed by atoms with Gasteiger partial charge in [0.15, 0.2) is 0 Å². The maximum Gasteiger partial charge on any atom is 0.243 e. The summed E-state index contributed by atoms with van der Waals surface area (Å²) >= 11 is 7.59. The van der Waals surface area contributed by atoms with Gasteiger partial charge in [-0.2, -0.15) is 0 Å². The summed E-state index contributed by atoms with van der Waals surface area (Å²) in [6, 6.07) is 17.1. The SMILES string of the molecule is CC[C@@H](C)NC(=O)[C@H](CC)N(Cc1ccccc1)C(=O)CSCc1cccc(Cl)c1. The molecule has 6 heteroatoms. The van der Waals surface area contributed by atoms with Crippen LogP contribution in [0.3, 0.4) is 0 Å². The number of halogens is 1. The zero-order valence-electron chi connectivity index (χ0n) is 17.9. The minimum absolute atomic E-state index is 0.0305. The predicted octanol–water partition coefficient (Wildman–Crippen LogP) is 5.30. The van der Waals surface area contributed by atoms with Gasteiger partial charge in [-0.1, -0.05) is 67.9 Å². The van der Waals surface area contributed by atoms with E-state index in [0.29, 0.717) is 29.5 Å². The summed E-state index contributed by atoms with van der Waals surface area (Å²) in [6.45, 7) is 6.38. The average Bonchev–Trinajstić information content (AvgIpc) is 2.74. The molecule has 30 heavy (non-hydrogen) atoms. The lowest BCUT2D eigenvalue weighted by Crippen LogP contribution is -2.51. The predicted molar refractivity (Wildman–Crippen MR) is 127 cm³/mol. The van der Waals surface area contributed by atoms with E-state index in [4.69, 9.17) is 11.6 Å². The van der Waals surface area contributed by atoms with Gasteiger partial charge in [0.25, 0.3) is 0 Å². The summed E-state index contributed by atoms with van der Waals surface area (Å²) < 4.78 is 0. The molecule has 2 atom stereocenters. The van der Waals surface area contributed by atoms with Gasteiger partial charge in [-0.05, 0) is 43.0 Å². The minimum atomic E-state index is -0.488. The van der Waals surface area contributed by atoms with Crippen molar-refractivity contribution in [2.24, 2.45) is 0 Å². The van der Waals surface area contributed by atoms with Gasteiger partial charge in [0.05, 0.1) is 5.75 Å². The van der Waals surface area contributed by atoms with E-state index in [9.17, 15) is 9.59 Å². The van der Waals surface area contributed by atoms with Crippen molar-refractivity contribution in [3.63, 3.8) is 0 Å². The molecule has 0 saturated carbocycles. The number of nitrogens with one attached hydrogen (secondary N) is 1. The highest BCUT2D eigenvalue weighted by molar-refractivity contribution is 7.99. The average molecular weight is 447 g/mol. The van der Waals surface area contributed by atoms with Crippen LogP contribution in [0, 0.1) is 0 Å². The van der Waals surface area contributed by atoms with Crippen molar-refractivity contribution in [2.75, 3.05) is 5.75 Å². The highest BCUT2D eigenvalue weighted by Crippen LogP contribution is 2.19. The number of carbonyl (C=O) groups is 2. The Kier molecular flexibility index (Phi) is 10.2. The zero-order valence-corrected chi connectivity index (χ0v) is 19.5. The lowest BCUT2D eigenvalue weighted by Gasteiger charge is -2.31. The summed E-state index contributed by atoms with van der Waals surface area (Å²) in [7, 11) is 0. The smallest absolute Gasteiger partial charge is 0.243 e. The van der Waals surface area contributed by atoms with Crippen LogP contribution in [0.15, 0.2) is 54.6 Å². The van der Waals surface area contributed by atoms with Crippen LogP contribution in [-0.2, 0) is 21.9 Å². The number of benzene rings is 2. The summed E-state index contributed by atoms with van der Waals surface area (Å²) in [4.78, 5) is 27.8. The summed E-state index contributed by atoms with van der Waals surface area (Å²) in [5.41, 5.74) is 2.09. The molecule has 0 aliphatic carbocycles. The second-order valence-electron chi connectivity index (χ2n) is 7.37. The molecule has 0 aliphatic heterocycles. The first-order valence-electron chi connectivity index (χ1n) is 10.4. The number of nitrogens with zero attached hydrogens (tertiary/aromatic N) is 1. The van der Waals surface area contributed by atoms with Gasteiger partial charge in [-0.25, -0.2) is 0 Å². The van der Waals surface area contributed by atoms with Crippen molar-refractivity contribution in [1.29, 1.82) is 0 Å². The molecular weight excluding hydrogens is 416 g/mol. The largest absolute Gasteiger partial charge is 0.352 e. The number of hydrogen-bond donors (Lipinski definition) is 1. The number of hydrogen-bond acceptors (Lipinski definition) is 3. The number of thioether (sulfide) groups is 1. The van der Waals surface area contributed by atoms with E-state index in [1.54, 1.807) is 4.90 Å². The standard InChI is InChI=1S/C24H31ClN2O2S/c1-4-18(3)26-24(29)22(5-2)27(15-19-10-7-6-8-11-19)23(28)17-30-16-20-12-9-13-21(25)14-20/h6-14,18,22H,4-5,15-17H2,1-3H3,(H,26,29)/t18-,22+/m1/s1. The van der Waals surface area contributed by atoms with Gasteiger partial charge in [-0.15, -0.1) is 11.8 Å². The van der Waals surface area contributed by atoms with Gasteiger partial charge in [0.2, 0.25) is 11.8 Å². The summed E-state index contributed by atoms with van der Waals surface area (Å²) in [6.07, 6.45) is 1.42. The Hall–Kier alpha value is -1.98. The fourth-order valence-electron chi connectivity index (χ4n) is 3.11. The quantitative estimate of drug-likeness (QED) is 0.509. The van der Waals surface area contributed by atoms with Crippen molar-refractivity contribution in [3.8, 4) is 0 Å². The van der Waals surface area contributed by atoms with Gasteiger partial charge in [-0.3, -0.25) is 9.59 Å². The number of amides is 2. The van der Waals surface area contributed by atoms with Crippen LogP contribution in [0.25, 0.3) is 0 Å². The van der Waals surface area contributed by atoms with E-state index in [2.05, 4.69) is 5.32 Å². The lowest BCUT2D eigenvalue weighted by molar-refractivity contribution is -0.139. The van der Waals surface area contributed by atoms with E-state index >= 15 is 0 Å². The molecule has 1 N–H and O–H groups in total. The van der Waals surface area contributed by atoms with Crippen LogP contribution in [-0.4, -0.2) is 34.6 Å². The van der Waals surface area contributed by atoms with Crippen LogP contribution in [0.5, 0.6) is 0 Å². The Bertz CT molecular complexity index is 816. The highest BCUT2D eigenvalue weighted by Gasteiger charge is 2.29. The van der Waals surface area contributed by atoms with Crippen molar-refractivity contribution in [1.82, 2.24) is 10.2 Å². The molecule has 0 spiro atoms. The van der Waals surface area contributed by atoms with Gasteiger partial charge in [0, 0.05) is 23.4 Å². The molecule has 2 aromatic carbocycles. The maximum absolute atomic E-state index is 13.2. The molecule has 162 valence electrons. The molecule has 2 aromatic rings. The van der Waals surface area contributed by atoms with E-state index in [1.165, 1.54) is 11.8 Å². The first-order valence-corrected chi connectivity index (χ1v) is 11.9. The molecule has 0 radical (unpaired) electrons. The Morgan fingerprint density at radius 2 is 1.73 bits per heavy atom. The molecule has 4 nitrogen and oxygen atoms in total. The summed E-state index contributed by atoms with van der Waals surface area (Å²) in [5, 5.41) is 3.73. The van der Waals surface area contributed by atoms with Gasteiger partial charge < -0.3 is 10.2 Å². The van der Waals surface area contributed by atoms with Crippen LogP contribution in [0.2, 0.25) is 5.02 Å². The Morgan fingerprint density at radius 1 is 1.03 bits per heavy atom. The molecule has 2 rings (SSSR count). The third-order valence-corrected chi connectivity index (χ3v) is 6.19. The lowest BCUT2D eigenvalue weighted by atomic mass is 10.1. The third kappa shape index (κ3) is 7.69. The Labute approximate surface area is 189 Å². The van der Waals surface area contributed by atoms with Crippen LogP contribution < -0.4 is 5.32 Å². The highest BCUT2D eigenvalue weighted by atomic mass is 35.5. The molecular formula is C24H31ClN2O2S. The summed E-state index contributed by atoms with van der Waals surface area (Å²) in [5.74, 6) is 0.890. The van der Waals surface area contributed by atoms with Crippen LogP contribution in [0.1, 0.15) is 44.7 Å². The van der Waals surface area contributed by atoms with Crippen molar-refractivity contribution < 1.29 is 9.59 Å². The van der Waals surface area contributed by atoms with E-state index in [0.717, 1.165) is 17.5 Å². The van der Waals surface area contributed by atoms with Gasteiger partial charge in [0.1, 0.15) is 6.04 Å². The molecule has 0 fully saturated rings. The second-order valence-corrected chi connectivity index (χ2v) is 8.79. The third-order valence-electron chi connectivity index (χ3n) is 4.97. The first kappa shape index (κ1) is 24.3. The molecule has 0 saturated heterocycles. The van der Waals surface area contributed by atoms with Crippen LogP contribution >= 0.6 is 23.4 Å². The minimum Gasteiger partial charge on any atom is -0.352 e. The molecule has 0 bridgehead atoms. The maximum atomic E-state index is 13.2. The zero-order chi connectivity index (χ0) is 21.9. The fraction of sp³-hybridized carbons (Fsp3) is 0.417. The fourth-order valence-corrected chi connectivity index (χ4v) is 4.18. The van der Waals surface area contributed by atoms with E-state index in [-0.39, 0.29) is 17.9 Å². The molecule has 0 aliphatic rings. The van der Waals surface area contributed by atoms with E-state index in [1.807, 2.05) is 75.4 Å². The van der Waals surface area contributed by atoms with Crippen molar-refractivity contribution in [2.45, 2.75) is 58.0 Å². The number of carbonyl (C=O) groups excluding carboxylic acids is 2. The monoisotopic (exact) mass is 446 g/mol. The molecule has 0 heterocycles. The van der Waals surface area contributed by atoms with Gasteiger partial charge >= 0.3 is 0 Å². The Balaban J connectivity index is 2.10. The Morgan fingerprint density at radius 3 is 2.37 bits per heavy atom. The van der Waals surface area contributed by atoms with Crippen molar-refractivity contribution in [3.05, 3.63) is 70.7 Å². The number of rotatable bonds is 11. The first-order chi connectivity index (χ1) is 14.4. The normalized spacial score (nSPS) is 12.8. The topological polar surface area (TPSA) is 49.4 Å². The molecule has 2 amide bonds. The van der Waals surface area contributed by atoms with Crippen LogP contribution in [0.4, 0.5) is 0 Å². The van der Waals surface area contributed by atoms with E-state index < -0.39 is 6.04 Å². The molecule has 0 aromatic heterocycles. The molecule has 0 unspecified atom stereocenters. The second kappa shape index (κ2) is 12.7. The van der Waals surface area contributed by atoms with Crippen molar-refractivity contribution >= 4 is 35.2 Å².